The molecule has 6 nitrogen and oxygen atoms in total. The van der Waals surface area contributed by atoms with Crippen LogP contribution < -0.4 is 21.3 Å². The Labute approximate surface area is 134 Å². The van der Waals surface area contributed by atoms with Gasteiger partial charge < -0.3 is 10.1 Å². The highest BCUT2D eigenvalue weighted by molar-refractivity contribution is 5.94. The lowest BCUT2D eigenvalue weighted by Gasteiger charge is -2.09. The lowest BCUT2D eigenvalue weighted by molar-refractivity contribution is -0.118. The zero-order valence-electron chi connectivity index (χ0n) is 13.1. The number of aryl methyl sites for hydroxylation is 2. The number of nitrogens with one attached hydrogen (secondary N) is 2. The van der Waals surface area contributed by atoms with Gasteiger partial charge in [-0.05, 0) is 61.4 Å². The van der Waals surface area contributed by atoms with E-state index >= 15 is 0 Å². The molecule has 0 unspecified atom stereocenters. The largest absolute Gasteiger partial charge is 0.484 e. The first-order valence-corrected chi connectivity index (χ1v) is 7.10. The van der Waals surface area contributed by atoms with E-state index in [2.05, 4.69) is 5.32 Å². The van der Waals surface area contributed by atoms with Crippen molar-refractivity contribution in [1.82, 2.24) is 5.43 Å². The molecule has 0 bridgehead atoms. The minimum Gasteiger partial charge on any atom is -0.484 e. The number of ether oxygens (including phenoxy) is 1. The molecular formula is C17H19N3O3. The fourth-order valence-corrected chi connectivity index (χ4v) is 2.18. The van der Waals surface area contributed by atoms with Gasteiger partial charge in [-0.15, -0.1) is 0 Å². The molecule has 0 saturated heterocycles. The fraction of sp³-hybridized carbons (Fsp3) is 0.176. The second-order valence-corrected chi connectivity index (χ2v) is 5.21. The molecule has 0 heterocycles. The number of rotatable bonds is 5. The summed E-state index contributed by atoms with van der Waals surface area (Å²) in [6, 6.07) is 12.2. The van der Waals surface area contributed by atoms with Gasteiger partial charge in [-0.3, -0.25) is 15.0 Å². The third kappa shape index (κ3) is 4.82. The number of hydrogen-bond acceptors (Lipinski definition) is 4. The first-order valence-electron chi connectivity index (χ1n) is 7.10. The molecule has 23 heavy (non-hydrogen) atoms. The summed E-state index contributed by atoms with van der Waals surface area (Å²) in [6.45, 7) is 3.83. The molecule has 0 fully saturated rings. The minimum absolute atomic E-state index is 0.116. The van der Waals surface area contributed by atoms with Gasteiger partial charge in [-0.2, -0.15) is 0 Å². The van der Waals surface area contributed by atoms with Gasteiger partial charge in [0.15, 0.2) is 6.61 Å². The molecule has 6 heteroatoms. The van der Waals surface area contributed by atoms with Crippen molar-refractivity contribution >= 4 is 17.5 Å². The Morgan fingerprint density at radius 2 is 1.65 bits per heavy atom. The SMILES string of the molecule is Cc1cc(C)cc(NC(=O)COc2ccc(C(=O)NN)cc2)c1. The topological polar surface area (TPSA) is 93.4 Å². The molecule has 0 aliphatic carbocycles. The summed E-state index contributed by atoms with van der Waals surface area (Å²) < 4.78 is 5.39. The Balaban J connectivity index is 1.90. The molecular weight excluding hydrogens is 294 g/mol. The second kappa shape index (κ2) is 7.42. The number of nitrogen functional groups attached to an aromatic ring is 1. The van der Waals surface area contributed by atoms with Crippen molar-refractivity contribution in [3.05, 3.63) is 59.2 Å². The number of anilines is 1. The van der Waals surface area contributed by atoms with Crippen molar-refractivity contribution in [2.24, 2.45) is 5.84 Å². The molecule has 2 aromatic rings. The molecule has 0 atom stereocenters. The predicted octanol–water partition coefficient (Wildman–Crippen LogP) is 1.92. The number of benzene rings is 2. The van der Waals surface area contributed by atoms with Gasteiger partial charge in [0.25, 0.3) is 11.8 Å². The van der Waals surface area contributed by atoms with Crippen molar-refractivity contribution in [3.8, 4) is 5.75 Å². The van der Waals surface area contributed by atoms with Crippen LogP contribution in [0, 0.1) is 13.8 Å². The van der Waals surface area contributed by atoms with Crippen molar-refractivity contribution < 1.29 is 14.3 Å². The number of carbonyl (C=O) groups excluding carboxylic acids is 2. The fourth-order valence-electron chi connectivity index (χ4n) is 2.18. The van der Waals surface area contributed by atoms with E-state index in [9.17, 15) is 9.59 Å². The van der Waals surface area contributed by atoms with Gasteiger partial charge in [-0.1, -0.05) is 6.07 Å². The molecule has 4 N–H and O–H groups in total. The Morgan fingerprint density at radius 3 is 2.22 bits per heavy atom. The van der Waals surface area contributed by atoms with E-state index in [1.807, 2.05) is 37.5 Å². The van der Waals surface area contributed by atoms with E-state index in [0.717, 1.165) is 16.8 Å². The zero-order chi connectivity index (χ0) is 16.8. The van der Waals surface area contributed by atoms with Crippen LogP contribution in [-0.4, -0.2) is 18.4 Å². The van der Waals surface area contributed by atoms with Crippen LogP contribution in [0.4, 0.5) is 5.69 Å². The van der Waals surface area contributed by atoms with Crippen LogP contribution in [0.5, 0.6) is 5.75 Å². The molecule has 0 spiro atoms. The number of amides is 2. The molecule has 0 saturated carbocycles. The molecule has 2 aromatic carbocycles. The molecule has 2 amide bonds. The van der Waals surface area contributed by atoms with Crippen LogP contribution in [0.1, 0.15) is 21.5 Å². The Kier molecular flexibility index (Phi) is 5.32. The van der Waals surface area contributed by atoms with E-state index < -0.39 is 0 Å². The first-order chi connectivity index (χ1) is 11.0. The minimum atomic E-state index is -0.385. The summed E-state index contributed by atoms with van der Waals surface area (Å²) in [4.78, 5) is 23.2. The number of hydrogen-bond donors (Lipinski definition) is 3. The van der Waals surface area contributed by atoms with Gasteiger partial charge in [0.1, 0.15) is 5.75 Å². The normalized spacial score (nSPS) is 10.0. The van der Waals surface area contributed by atoms with Gasteiger partial charge >= 0.3 is 0 Å². The molecule has 0 aliphatic rings. The van der Waals surface area contributed by atoms with Gasteiger partial charge in [0.2, 0.25) is 0 Å². The maximum Gasteiger partial charge on any atom is 0.265 e. The molecule has 0 aromatic heterocycles. The molecule has 0 radical (unpaired) electrons. The van der Waals surface area contributed by atoms with E-state index in [1.165, 1.54) is 0 Å². The van der Waals surface area contributed by atoms with Crippen molar-refractivity contribution in [1.29, 1.82) is 0 Å². The summed E-state index contributed by atoms with van der Waals surface area (Å²) in [5, 5.41) is 2.79. The quantitative estimate of drug-likeness (QED) is 0.446. The smallest absolute Gasteiger partial charge is 0.265 e. The van der Waals surface area contributed by atoms with E-state index in [4.69, 9.17) is 10.6 Å². The van der Waals surface area contributed by atoms with Crippen LogP contribution in [0.15, 0.2) is 42.5 Å². The summed E-state index contributed by atoms with van der Waals surface area (Å²) in [5.74, 6) is 4.91. The van der Waals surface area contributed by atoms with Crippen LogP contribution in [0.25, 0.3) is 0 Å². The van der Waals surface area contributed by atoms with Crippen LogP contribution in [-0.2, 0) is 4.79 Å². The van der Waals surface area contributed by atoms with Crippen LogP contribution >= 0.6 is 0 Å². The monoisotopic (exact) mass is 313 g/mol. The second-order valence-electron chi connectivity index (χ2n) is 5.21. The average molecular weight is 313 g/mol. The zero-order valence-corrected chi connectivity index (χ0v) is 13.1. The Bertz CT molecular complexity index is 691. The first kappa shape index (κ1) is 16.5. The van der Waals surface area contributed by atoms with Crippen LogP contribution in [0.3, 0.4) is 0 Å². The molecule has 2 rings (SSSR count). The number of carbonyl (C=O) groups is 2. The van der Waals surface area contributed by atoms with E-state index in [0.29, 0.717) is 11.3 Å². The highest BCUT2D eigenvalue weighted by Gasteiger charge is 2.06. The Hall–Kier alpha value is -2.86. The van der Waals surface area contributed by atoms with Gasteiger partial charge in [0.05, 0.1) is 0 Å². The summed E-state index contributed by atoms with van der Waals surface area (Å²) in [7, 11) is 0. The summed E-state index contributed by atoms with van der Waals surface area (Å²) in [5.41, 5.74) is 5.36. The van der Waals surface area contributed by atoms with Crippen molar-refractivity contribution in [2.45, 2.75) is 13.8 Å². The molecule has 120 valence electrons. The summed E-state index contributed by atoms with van der Waals surface area (Å²) in [6.07, 6.45) is 0. The van der Waals surface area contributed by atoms with Crippen LogP contribution in [0.2, 0.25) is 0 Å². The van der Waals surface area contributed by atoms with E-state index in [-0.39, 0.29) is 18.4 Å². The van der Waals surface area contributed by atoms with Gasteiger partial charge in [-0.25, -0.2) is 5.84 Å². The van der Waals surface area contributed by atoms with Crippen molar-refractivity contribution in [2.75, 3.05) is 11.9 Å². The third-order valence-electron chi connectivity index (χ3n) is 3.12. The predicted molar refractivity (Wildman–Crippen MR) is 88.1 cm³/mol. The Morgan fingerprint density at radius 1 is 1.04 bits per heavy atom. The van der Waals surface area contributed by atoms with Gasteiger partial charge in [0, 0.05) is 11.3 Å². The highest BCUT2D eigenvalue weighted by atomic mass is 16.5. The standard InChI is InChI=1S/C17H19N3O3/c1-11-7-12(2)9-14(8-11)19-16(21)10-23-15-5-3-13(4-6-15)17(22)20-18/h3-9H,10,18H2,1-2H3,(H,19,21)(H,20,22). The maximum atomic E-state index is 11.9. The third-order valence-corrected chi connectivity index (χ3v) is 3.12. The average Bonchev–Trinajstić information content (AvgIpc) is 2.51. The number of hydrazine groups is 1. The van der Waals surface area contributed by atoms with Crippen molar-refractivity contribution in [3.63, 3.8) is 0 Å². The van der Waals surface area contributed by atoms with E-state index in [1.54, 1.807) is 24.3 Å². The maximum absolute atomic E-state index is 11.9. The number of nitrogens with two attached hydrogens (primary N) is 1. The summed E-state index contributed by atoms with van der Waals surface area (Å²) >= 11 is 0. The molecule has 0 aliphatic heterocycles. The lowest BCUT2D eigenvalue weighted by atomic mass is 10.1. The highest BCUT2D eigenvalue weighted by Crippen LogP contribution is 2.15. The lowest BCUT2D eigenvalue weighted by Crippen LogP contribution is -2.29.